The minimum absolute atomic E-state index is 0.163. The van der Waals surface area contributed by atoms with Gasteiger partial charge in [-0.3, -0.25) is 4.79 Å². The lowest BCUT2D eigenvalue weighted by molar-refractivity contribution is -0.116. The van der Waals surface area contributed by atoms with Crippen LogP contribution < -0.4 is 5.32 Å². The van der Waals surface area contributed by atoms with E-state index in [0.717, 1.165) is 12.8 Å². The second-order valence-corrected chi connectivity index (χ2v) is 4.33. The minimum Gasteiger partial charge on any atom is -0.465 e. The summed E-state index contributed by atoms with van der Waals surface area (Å²) in [5.74, 6) is 0.952. The summed E-state index contributed by atoms with van der Waals surface area (Å²) in [5.41, 5.74) is 0. The zero-order valence-corrected chi connectivity index (χ0v) is 9.63. The Morgan fingerprint density at radius 2 is 2.47 bits per heavy atom. The average molecular weight is 235 g/mol. The Morgan fingerprint density at radius 1 is 1.65 bits per heavy atom. The summed E-state index contributed by atoms with van der Waals surface area (Å²) in [6.45, 7) is 0.513. The molecule has 1 aromatic heterocycles. The van der Waals surface area contributed by atoms with Gasteiger partial charge in [-0.15, -0.1) is 0 Å². The fourth-order valence-electron chi connectivity index (χ4n) is 1.66. The molecule has 1 unspecified atom stereocenters. The van der Waals surface area contributed by atoms with Crippen molar-refractivity contribution in [2.75, 3.05) is 6.54 Å². The van der Waals surface area contributed by atoms with E-state index in [1.54, 1.807) is 24.5 Å². The average Bonchev–Trinajstić information content (AvgIpc) is 3.04. The topological polar surface area (TPSA) is 62.5 Å². The van der Waals surface area contributed by atoms with Gasteiger partial charge in [-0.1, -0.05) is 0 Å². The summed E-state index contributed by atoms with van der Waals surface area (Å²) in [6.07, 6.45) is 7.22. The highest BCUT2D eigenvalue weighted by atomic mass is 16.3. The first-order chi connectivity index (χ1) is 8.25. The first kappa shape index (κ1) is 11.9. The molecular weight excluding hydrogens is 218 g/mol. The molecule has 1 amide bonds. The summed E-state index contributed by atoms with van der Waals surface area (Å²) in [4.78, 5) is 11.4. The Bertz CT molecular complexity index is 379. The predicted molar refractivity (Wildman–Crippen MR) is 64.1 cm³/mol. The third-order valence-electron chi connectivity index (χ3n) is 2.85. The number of hydrogen-bond acceptors (Lipinski definition) is 3. The predicted octanol–water partition coefficient (Wildman–Crippen LogP) is 1.57. The van der Waals surface area contributed by atoms with Gasteiger partial charge >= 0.3 is 0 Å². The summed E-state index contributed by atoms with van der Waals surface area (Å²) in [6, 6.07) is 3.55. The highest BCUT2D eigenvalue weighted by molar-refractivity contribution is 5.91. The van der Waals surface area contributed by atoms with Crippen LogP contribution in [0.15, 0.2) is 28.9 Å². The molecule has 1 atom stereocenters. The van der Waals surface area contributed by atoms with Crippen LogP contribution in [-0.4, -0.2) is 23.7 Å². The first-order valence-electron chi connectivity index (χ1n) is 5.93. The molecule has 1 aromatic rings. The van der Waals surface area contributed by atoms with Crippen LogP contribution in [0.2, 0.25) is 0 Å². The first-order valence-corrected chi connectivity index (χ1v) is 5.93. The fourth-order valence-corrected chi connectivity index (χ4v) is 1.66. The highest BCUT2D eigenvalue weighted by Gasteiger charge is 2.28. The maximum Gasteiger partial charge on any atom is 0.244 e. The van der Waals surface area contributed by atoms with E-state index in [1.807, 2.05) is 0 Å². The van der Waals surface area contributed by atoms with Crippen LogP contribution in [0.3, 0.4) is 0 Å². The Labute approximate surface area is 100 Å². The van der Waals surface area contributed by atoms with E-state index in [4.69, 9.17) is 4.42 Å². The van der Waals surface area contributed by atoms with Gasteiger partial charge in [-0.25, -0.2) is 0 Å². The van der Waals surface area contributed by atoms with Crippen LogP contribution in [-0.2, 0) is 4.79 Å². The maximum atomic E-state index is 11.4. The van der Waals surface area contributed by atoms with Crippen molar-refractivity contribution in [3.8, 4) is 0 Å². The van der Waals surface area contributed by atoms with Gasteiger partial charge in [-0.2, -0.15) is 0 Å². The molecule has 0 saturated heterocycles. The fraction of sp³-hybridized carbons (Fsp3) is 0.462. The molecule has 1 heterocycles. The number of aliphatic hydroxyl groups excluding tert-OH is 1. The van der Waals surface area contributed by atoms with E-state index in [2.05, 4.69) is 5.32 Å². The lowest BCUT2D eigenvalue weighted by atomic mass is 10.2. The number of hydrogen-bond donors (Lipinski definition) is 2. The second kappa shape index (κ2) is 5.68. The Hall–Kier alpha value is -1.55. The van der Waals surface area contributed by atoms with Crippen molar-refractivity contribution in [2.24, 2.45) is 5.92 Å². The largest absolute Gasteiger partial charge is 0.465 e. The molecular formula is C13H17NO3. The molecule has 92 valence electrons. The monoisotopic (exact) mass is 235 g/mol. The third-order valence-corrected chi connectivity index (χ3v) is 2.85. The molecule has 1 saturated carbocycles. The molecule has 4 heteroatoms. The Balaban J connectivity index is 1.63. The number of carbonyl (C=O) groups is 1. The molecule has 2 N–H and O–H groups in total. The lowest BCUT2D eigenvalue weighted by Crippen LogP contribution is -2.26. The molecule has 0 aromatic carbocycles. The minimum atomic E-state index is -0.260. The van der Waals surface area contributed by atoms with Gasteiger partial charge in [0.05, 0.1) is 12.4 Å². The van der Waals surface area contributed by atoms with Crippen LogP contribution in [0.5, 0.6) is 0 Å². The Morgan fingerprint density at radius 3 is 3.12 bits per heavy atom. The highest BCUT2D eigenvalue weighted by Crippen LogP contribution is 2.33. The summed E-state index contributed by atoms with van der Waals surface area (Å²) >= 11 is 0. The number of aliphatic hydroxyl groups is 1. The van der Waals surface area contributed by atoms with E-state index in [1.165, 1.54) is 6.08 Å². The zero-order valence-electron chi connectivity index (χ0n) is 9.63. The molecule has 0 bridgehead atoms. The molecule has 0 aliphatic heterocycles. The smallest absolute Gasteiger partial charge is 0.244 e. The molecule has 4 nitrogen and oxygen atoms in total. The van der Waals surface area contributed by atoms with Gasteiger partial charge in [0.1, 0.15) is 5.76 Å². The summed E-state index contributed by atoms with van der Waals surface area (Å²) < 4.78 is 5.06. The number of nitrogens with one attached hydrogen (secondary N) is 1. The van der Waals surface area contributed by atoms with Crippen molar-refractivity contribution in [1.29, 1.82) is 0 Å². The van der Waals surface area contributed by atoms with E-state index >= 15 is 0 Å². The number of carbonyl (C=O) groups excluding carboxylic acids is 1. The van der Waals surface area contributed by atoms with E-state index in [-0.39, 0.29) is 12.0 Å². The molecule has 1 aliphatic carbocycles. The number of furan rings is 1. The van der Waals surface area contributed by atoms with Crippen LogP contribution in [0.1, 0.15) is 25.0 Å². The van der Waals surface area contributed by atoms with Crippen molar-refractivity contribution >= 4 is 12.0 Å². The second-order valence-electron chi connectivity index (χ2n) is 4.33. The van der Waals surface area contributed by atoms with Crippen LogP contribution in [0, 0.1) is 5.92 Å². The molecule has 1 aliphatic rings. The SMILES string of the molecule is O=C(/C=C/c1ccco1)NCCC(O)C1CC1. The molecule has 0 spiro atoms. The van der Waals surface area contributed by atoms with Crippen molar-refractivity contribution in [3.05, 3.63) is 30.2 Å². The van der Waals surface area contributed by atoms with Gasteiger partial charge in [0, 0.05) is 12.6 Å². The standard InChI is InChI=1S/C13H17NO3/c15-12(10-3-4-10)7-8-14-13(16)6-5-11-2-1-9-17-11/h1-2,5-6,9-10,12,15H,3-4,7-8H2,(H,14,16)/b6-5+. The van der Waals surface area contributed by atoms with Crippen molar-refractivity contribution < 1.29 is 14.3 Å². The van der Waals surface area contributed by atoms with Gasteiger partial charge in [0.25, 0.3) is 0 Å². The number of rotatable bonds is 6. The molecule has 1 fully saturated rings. The van der Waals surface area contributed by atoms with E-state index in [9.17, 15) is 9.90 Å². The van der Waals surface area contributed by atoms with Gasteiger partial charge in [-0.05, 0) is 43.4 Å². The maximum absolute atomic E-state index is 11.4. The van der Waals surface area contributed by atoms with Crippen LogP contribution in [0.25, 0.3) is 6.08 Å². The number of amides is 1. The van der Waals surface area contributed by atoms with Crippen molar-refractivity contribution in [3.63, 3.8) is 0 Å². The van der Waals surface area contributed by atoms with Gasteiger partial charge in [0.15, 0.2) is 0 Å². The third kappa shape index (κ3) is 4.07. The molecule has 2 rings (SSSR count). The normalized spacial score (nSPS) is 17.2. The van der Waals surface area contributed by atoms with Crippen molar-refractivity contribution in [2.45, 2.75) is 25.4 Å². The summed E-state index contributed by atoms with van der Waals surface area (Å²) in [7, 11) is 0. The molecule has 17 heavy (non-hydrogen) atoms. The lowest BCUT2D eigenvalue weighted by Gasteiger charge is -2.08. The van der Waals surface area contributed by atoms with Gasteiger partial charge in [0.2, 0.25) is 5.91 Å². The van der Waals surface area contributed by atoms with Crippen molar-refractivity contribution in [1.82, 2.24) is 5.32 Å². The molecule has 0 radical (unpaired) electrons. The van der Waals surface area contributed by atoms with Gasteiger partial charge < -0.3 is 14.8 Å². The zero-order chi connectivity index (χ0) is 12.1. The van der Waals surface area contributed by atoms with Crippen LogP contribution in [0.4, 0.5) is 0 Å². The van der Waals surface area contributed by atoms with Crippen LogP contribution >= 0.6 is 0 Å². The van der Waals surface area contributed by atoms with E-state index in [0.29, 0.717) is 24.6 Å². The Kier molecular flexibility index (Phi) is 3.98. The quantitative estimate of drug-likeness (QED) is 0.736. The summed E-state index contributed by atoms with van der Waals surface area (Å²) in [5, 5.41) is 12.3. The van der Waals surface area contributed by atoms with E-state index < -0.39 is 0 Å².